The Balaban J connectivity index is -0.00000264. The molecule has 0 aromatic heterocycles. The molecule has 2 radical (unpaired) electrons. The Labute approximate surface area is 242 Å². The molecular weight excluding hydrogens is 414 g/mol. The Morgan fingerprint density at radius 2 is 1.19 bits per heavy atom. The van der Waals surface area contributed by atoms with Gasteiger partial charge in [0.2, 0.25) is 4.75 Å². The van der Waals surface area contributed by atoms with E-state index in [0.29, 0.717) is 6.42 Å². The topological polar surface area (TPSA) is 129 Å². The predicted molar refractivity (Wildman–Crippen MR) is 102 cm³/mol. The quantitative estimate of drug-likeness (QED) is 0.201. The van der Waals surface area contributed by atoms with Crippen LogP contribution in [0.25, 0.3) is 0 Å². The average Bonchev–Trinajstić information content (AvgIpc) is 2.46. The van der Waals surface area contributed by atoms with Gasteiger partial charge in [-0.3, -0.25) is 14.1 Å². The molecule has 0 aliphatic carbocycles. The molecular formula is C16H30K2O7S. The summed E-state index contributed by atoms with van der Waals surface area (Å²) < 4.78 is 29.4. The molecule has 144 valence electrons. The minimum atomic E-state index is -5.01. The minimum absolute atomic E-state index is 0. The van der Waals surface area contributed by atoms with Gasteiger partial charge < -0.3 is 10.2 Å². The first kappa shape index (κ1) is 32.8. The molecule has 0 aliphatic rings. The molecule has 1 atom stereocenters. The van der Waals surface area contributed by atoms with E-state index in [-0.39, 0.29) is 109 Å². The fourth-order valence-electron chi connectivity index (χ4n) is 2.74. The van der Waals surface area contributed by atoms with Crippen LogP contribution in [0.15, 0.2) is 0 Å². The van der Waals surface area contributed by atoms with Crippen molar-refractivity contribution in [1.29, 1.82) is 0 Å². The Morgan fingerprint density at radius 1 is 0.808 bits per heavy atom. The van der Waals surface area contributed by atoms with Crippen molar-refractivity contribution in [2.24, 2.45) is 0 Å². The monoisotopic (exact) mass is 444 g/mol. The van der Waals surface area contributed by atoms with E-state index in [4.69, 9.17) is 10.2 Å². The molecule has 0 saturated carbocycles. The van der Waals surface area contributed by atoms with Crippen LogP contribution in [0.4, 0.5) is 0 Å². The van der Waals surface area contributed by atoms with Gasteiger partial charge in [0, 0.05) is 103 Å². The van der Waals surface area contributed by atoms with Crippen LogP contribution in [-0.2, 0) is 19.7 Å². The fraction of sp³-hybridized carbons (Fsp3) is 0.875. The first-order chi connectivity index (χ1) is 11.2. The SMILES string of the molecule is CCCCCCCCCCCCC(CC(=O)O)(C(=O)O)S(=O)(=O)O.[K].[K]. The molecule has 0 aliphatic heterocycles. The second-order valence-electron chi connectivity index (χ2n) is 6.28. The van der Waals surface area contributed by atoms with Crippen LogP contribution in [0.3, 0.4) is 0 Å². The standard InChI is InChI=1S/C16H30O7S.2K/c1-2-3-4-5-6-7-8-9-10-11-12-16(15(19)20,13-14(17)18)24(21,22)23;;/h2-13H2,1H3,(H,17,18)(H,19,20)(H,21,22,23);;. The van der Waals surface area contributed by atoms with E-state index in [1.165, 1.54) is 25.7 Å². The summed E-state index contributed by atoms with van der Waals surface area (Å²) in [5.41, 5.74) is 0. The Kier molecular flexibility index (Phi) is 22.6. The third-order valence-corrected chi connectivity index (χ3v) is 5.77. The summed E-state index contributed by atoms with van der Waals surface area (Å²) in [5, 5.41) is 17.9. The fourth-order valence-corrected chi connectivity index (χ4v) is 3.67. The van der Waals surface area contributed by atoms with Crippen molar-refractivity contribution in [3.05, 3.63) is 0 Å². The van der Waals surface area contributed by atoms with Gasteiger partial charge in [-0.25, -0.2) is 0 Å². The second kappa shape index (κ2) is 17.9. The summed E-state index contributed by atoms with van der Waals surface area (Å²) >= 11 is 0. The Hall–Kier alpha value is 2.12. The van der Waals surface area contributed by atoms with Gasteiger partial charge in [-0.15, -0.1) is 0 Å². The van der Waals surface area contributed by atoms with Gasteiger partial charge in [0.05, 0.1) is 6.42 Å². The molecule has 7 nitrogen and oxygen atoms in total. The number of rotatable bonds is 15. The molecule has 3 N–H and O–H groups in total. The molecule has 0 heterocycles. The van der Waals surface area contributed by atoms with Crippen molar-refractivity contribution < 1.29 is 32.8 Å². The van der Waals surface area contributed by atoms with Crippen molar-refractivity contribution in [3.63, 3.8) is 0 Å². The molecule has 26 heavy (non-hydrogen) atoms. The molecule has 0 bridgehead atoms. The third kappa shape index (κ3) is 13.4. The maximum absolute atomic E-state index is 11.4. The van der Waals surface area contributed by atoms with Crippen LogP contribution in [-0.4, -0.2) is 143 Å². The van der Waals surface area contributed by atoms with Gasteiger partial charge in [0.1, 0.15) is 0 Å². The minimum Gasteiger partial charge on any atom is -0.481 e. The molecule has 10 heteroatoms. The van der Waals surface area contributed by atoms with E-state index >= 15 is 0 Å². The summed E-state index contributed by atoms with van der Waals surface area (Å²) in [6.45, 7) is 2.16. The summed E-state index contributed by atoms with van der Waals surface area (Å²) in [7, 11) is -5.01. The van der Waals surface area contributed by atoms with E-state index in [1.54, 1.807) is 0 Å². The zero-order chi connectivity index (χ0) is 18.6. The summed E-state index contributed by atoms with van der Waals surface area (Å²) in [6, 6.07) is 0. The molecule has 0 saturated heterocycles. The maximum atomic E-state index is 11.4. The maximum Gasteiger partial charge on any atom is 0.328 e. The number of unbranched alkanes of at least 4 members (excludes halogenated alkanes) is 9. The molecule has 0 rings (SSSR count). The van der Waals surface area contributed by atoms with Crippen molar-refractivity contribution in [3.8, 4) is 0 Å². The summed E-state index contributed by atoms with van der Waals surface area (Å²) in [5.74, 6) is -3.38. The van der Waals surface area contributed by atoms with Crippen LogP contribution in [0, 0.1) is 0 Å². The van der Waals surface area contributed by atoms with E-state index in [2.05, 4.69) is 6.92 Å². The van der Waals surface area contributed by atoms with Crippen LogP contribution < -0.4 is 0 Å². The molecule has 0 aromatic carbocycles. The summed E-state index contributed by atoms with van der Waals surface area (Å²) in [6.07, 6.45) is 8.27. The average molecular weight is 445 g/mol. The number of aliphatic carboxylic acids is 2. The normalized spacial score (nSPS) is 13.2. The number of carboxylic acid groups (broad SMARTS) is 2. The first-order valence-corrected chi connectivity index (χ1v) is 10.0. The van der Waals surface area contributed by atoms with Crippen LogP contribution in [0.2, 0.25) is 0 Å². The number of carbonyl (C=O) groups is 2. The smallest absolute Gasteiger partial charge is 0.328 e. The van der Waals surface area contributed by atoms with Gasteiger partial charge in [-0.2, -0.15) is 8.42 Å². The summed E-state index contributed by atoms with van der Waals surface area (Å²) in [4.78, 5) is 22.1. The van der Waals surface area contributed by atoms with Crippen LogP contribution >= 0.6 is 0 Å². The number of carboxylic acids is 2. The van der Waals surface area contributed by atoms with Gasteiger partial charge in [-0.05, 0) is 6.42 Å². The molecule has 0 aromatic rings. The van der Waals surface area contributed by atoms with Crippen LogP contribution in [0.5, 0.6) is 0 Å². The van der Waals surface area contributed by atoms with E-state index < -0.39 is 39.6 Å². The Bertz CT molecular complexity index is 497. The Morgan fingerprint density at radius 3 is 1.50 bits per heavy atom. The van der Waals surface area contributed by atoms with Gasteiger partial charge >= 0.3 is 11.9 Å². The predicted octanol–water partition coefficient (Wildman–Crippen LogP) is 2.72. The van der Waals surface area contributed by atoms with Gasteiger partial charge in [0.15, 0.2) is 0 Å². The zero-order valence-electron chi connectivity index (χ0n) is 16.4. The molecule has 0 spiro atoms. The van der Waals surface area contributed by atoms with Crippen molar-refractivity contribution in [2.75, 3.05) is 0 Å². The third-order valence-electron chi connectivity index (χ3n) is 4.25. The van der Waals surface area contributed by atoms with E-state index in [9.17, 15) is 22.6 Å². The van der Waals surface area contributed by atoms with Crippen molar-refractivity contribution in [1.82, 2.24) is 0 Å². The molecule has 0 amide bonds. The van der Waals surface area contributed by atoms with Gasteiger partial charge in [-0.1, -0.05) is 71.1 Å². The van der Waals surface area contributed by atoms with Crippen molar-refractivity contribution in [2.45, 2.75) is 88.7 Å². The van der Waals surface area contributed by atoms with Crippen LogP contribution in [0.1, 0.15) is 84.0 Å². The molecule has 0 fully saturated rings. The second-order valence-corrected chi connectivity index (χ2v) is 8.01. The molecule has 1 unspecified atom stereocenters. The number of hydrogen-bond acceptors (Lipinski definition) is 4. The first-order valence-electron chi connectivity index (χ1n) is 8.59. The van der Waals surface area contributed by atoms with Crippen molar-refractivity contribution >= 4 is 125 Å². The largest absolute Gasteiger partial charge is 0.481 e. The van der Waals surface area contributed by atoms with E-state index in [0.717, 1.165) is 25.7 Å². The van der Waals surface area contributed by atoms with E-state index in [1.807, 2.05) is 0 Å². The van der Waals surface area contributed by atoms with Gasteiger partial charge in [0.25, 0.3) is 10.1 Å². The number of hydrogen-bond donors (Lipinski definition) is 3. The zero-order valence-corrected chi connectivity index (χ0v) is 23.4.